The lowest BCUT2D eigenvalue weighted by Gasteiger charge is -2.24. The Morgan fingerprint density at radius 3 is 2.79 bits per heavy atom. The molecule has 100 valence electrons. The summed E-state index contributed by atoms with van der Waals surface area (Å²) in [6.45, 7) is 2.87. The number of anilines is 1. The molecule has 1 rings (SSSR count). The second-order valence-corrected chi connectivity index (χ2v) is 4.10. The highest BCUT2D eigenvalue weighted by atomic mass is 16.1. The first-order valence-electron chi connectivity index (χ1n) is 6.11. The van der Waals surface area contributed by atoms with E-state index in [4.69, 9.17) is 5.26 Å². The molecule has 0 saturated heterocycles. The van der Waals surface area contributed by atoms with E-state index in [-0.39, 0.29) is 12.5 Å². The van der Waals surface area contributed by atoms with Gasteiger partial charge in [0.1, 0.15) is 12.4 Å². The number of benzene rings is 1. The number of rotatable bonds is 6. The molecule has 5 heteroatoms. The molecule has 0 aliphatic heterocycles. The van der Waals surface area contributed by atoms with Crippen LogP contribution in [0.4, 0.5) is 5.69 Å². The average molecular weight is 259 g/mol. The van der Waals surface area contributed by atoms with Crippen molar-refractivity contribution in [3.8, 4) is 6.07 Å². The van der Waals surface area contributed by atoms with E-state index >= 15 is 0 Å². The van der Waals surface area contributed by atoms with Crippen LogP contribution in [0, 0.1) is 11.3 Å². The Labute approximate surface area is 112 Å². The fourth-order valence-electron chi connectivity index (χ4n) is 1.80. The molecule has 1 amide bonds. The maximum atomic E-state index is 11.5. The molecule has 0 saturated carbocycles. The molecule has 19 heavy (non-hydrogen) atoms. The van der Waals surface area contributed by atoms with E-state index in [9.17, 15) is 9.59 Å². The summed E-state index contributed by atoms with van der Waals surface area (Å²) in [5, 5.41) is 11.7. The number of aldehydes is 1. The molecule has 0 fully saturated rings. The number of hydrogen-bond donors (Lipinski definition) is 1. The Morgan fingerprint density at radius 1 is 1.53 bits per heavy atom. The number of likely N-dealkylation sites (N-methyl/N-ethyl adjacent to an activating group) is 1. The van der Waals surface area contributed by atoms with Crippen LogP contribution in [0.25, 0.3) is 0 Å². The minimum absolute atomic E-state index is 0.114. The van der Waals surface area contributed by atoms with Crippen molar-refractivity contribution >= 4 is 17.9 Å². The van der Waals surface area contributed by atoms with Crippen molar-refractivity contribution in [1.29, 1.82) is 5.26 Å². The van der Waals surface area contributed by atoms with Crippen LogP contribution in [-0.4, -0.2) is 32.3 Å². The number of nitrogens with one attached hydrogen (secondary N) is 1. The van der Waals surface area contributed by atoms with E-state index in [1.807, 2.05) is 11.8 Å². The highest BCUT2D eigenvalue weighted by Gasteiger charge is 2.14. The molecule has 0 spiro atoms. The second-order valence-electron chi connectivity index (χ2n) is 4.10. The highest BCUT2D eigenvalue weighted by molar-refractivity contribution is 5.83. The van der Waals surface area contributed by atoms with Gasteiger partial charge in [-0.3, -0.25) is 9.59 Å². The van der Waals surface area contributed by atoms with E-state index in [0.29, 0.717) is 29.6 Å². The number of amides is 1. The van der Waals surface area contributed by atoms with Gasteiger partial charge in [0.15, 0.2) is 0 Å². The van der Waals surface area contributed by atoms with Gasteiger partial charge in [0.2, 0.25) is 5.91 Å². The Hall–Kier alpha value is -2.35. The summed E-state index contributed by atoms with van der Waals surface area (Å²) in [5.74, 6) is -0.114. The highest BCUT2D eigenvalue weighted by Crippen LogP contribution is 2.21. The summed E-state index contributed by atoms with van der Waals surface area (Å²) in [6, 6.07) is 6.96. The lowest BCUT2D eigenvalue weighted by atomic mass is 10.1. The lowest BCUT2D eigenvalue weighted by Crippen LogP contribution is -2.36. The van der Waals surface area contributed by atoms with Crippen molar-refractivity contribution in [3.05, 3.63) is 29.3 Å². The Kier molecular flexibility index (Phi) is 5.55. The van der Waals surface area contributed by atoms with E-state index in [0.717, 1.165) is 6.42 Å². The van der Waals surface area contributed by atoms with Crippen molar-refractivity contribution in [3.63, 3.8) is 0 Å². The van der Waals surface area contributed by atoms with Crippen molar-refractivity contribution < 1.29 is 9.59 Å². The van der Waals surface area contributed by atoms with Crippen LogP contribution in [-0.2, 0) is 4.79 Å². The van der Waals surface area contributed by atoms with Crippen LogP contribution in [0.1, 0.15) is 29.3 Å². The maximum Gasteiger partial charge on any atom is 0.239 e. The minimum atomic E-state index is -0.114. The van der Waals surface area contributed by atoms with Gasteiger partial charge in [-0.1, -0.05) is 6.92 Å². The smallest absolute Gasteiger partial charge is 0.239 e. The third-order valence-corrected chi connectivity index (χ3v) is 2.72. The standard InChI is InChI=1S/C14H17N3O2/c1-3-6-17(9-14(19)16-2)13-5-4-11(10-18)7-12(13)8-15/h4-5,7,10H,3,6,9H2,1-2H3,(H,16,19). The first-order chi connectivity index (χ1) is 9.15. The molecule has 1 N–H and O–H groups in total. The Morgan fingerprint density at radius 2 is 2.26 bits per heavy atom. The zero-order valence-electron chi connectivity index (χ0n) is 11.1. The van der Waals surface area contributed by atoms with Crippen LogP contribution in [0.2, 0.25) is 0 Å². The summed E-state index contributed by atoms with van der Waals surface area (Å²) in [5.41, 5.74) is 1.54. The van der Waals surface area contributed by atoms with Crippen molar-refractivity contribution in [2.75, 3.05) is 25.0 Å². The zero-order valence-corrected chi connectivity index (χ0v) is 11.1. The van der Waals surface area contributed by atoms with E-state index in [1.165, 1.54) is 6.07 Å². The number of nitrogens with zero attached hydrogens (tertiary/aromatic N) is 2. The Bertz CT molecular complexity index is 506. The van der Waals surface area contributed by atoms with Gasteiger partial charge in [-0.2, -0.15) is 5.26 Å². The fourth-order valence-corrected chi connectivity index (χ4v) is 1.80. The molecule has 0 aromatic heterocycles. The first-order valence-corrected chi connectivity index (χ1v) is 6.11. The van der Waals surface area contributed by atoms with Crippen LogP contribution in [0.3, 0.4) is 0 Å². The SMILES string of the molecule is CCCN(CC(=O)NC)c1ccc(C=O)cc1C#N. The molecule has 0 radical (unpaired) electrons. The third-order valence-electron chi connectivity index (χ3n) is 2.72. The van der Waals surface area contributed by atoms with Crippen molar-refractivity contribution in [2.24, 2.45) is 0 Å². The van der Waals surface area contributed by atoms with Gasteiger partial charge < -0.3 is 10.2 Å². The minimum Gasteiger partial charge on any atom is -0.361 e. The molecular formula is C14H17N3O2. The van der Waals surface area contributed by atoms with Gasteiger partial charge in [-0.05, 0) is 24.6 Å². The number of carbonyl (C=O) groups is 2. The monoisotopic (exact) mass is 259 g/mol. The van der Waals surface area contributed by atoms with Gasteiger partial charge in [0.05, 0.1) is 17.8 Å². The van der Waals surface area contributed by atoms with Crippen LogP contribution in [0.5, 0.6) is 0 Å². The van der Waals surface area contributed by atoms with Gasteiger partial charge >= 0.3 is 0 Å². The van der Waals surface area contributed by atoms with Crippen LogP contribution < -0.4 is 10.2 Å². The number of hydrogen-bond acceptors (Lipinski definition) is 4. The quantitative estimate of drug-likeness (QED) is 0.782. The molecule has 0 atom stereocenters. The van der Waals surface area contributed by atoms with Crippen LogP contribution >= 0.6 is 0 Å². The summed E-state index contributed by atoms with van der Waals surface area (Å²) < 4.78 is 0. The van der Waals surface area contributed by atoms with Gasteiger partial charge in [0, 0.05) is 19.2 Å². The molecule has 5 nitrogen and oxygen atoms in total. The predicted molar refractivity (Wildman–Crippen MR) is 73.1 cm³/mol. The van der Waals surface area contributed by atoms with E-state index < -0.39 is 0 Å². The van der Waals surface area contributed by atoms with Crippen LogP contribution in [0.15, 0.2) is 18.2 Å². The number of carbonyl (C=O) groups excluding carboxylic acids is 2. The van der Waals surface area contributed by atoms with E-state index in [1.54, 1.807) is 19.2 Å². The number of nitriles is 1. The molecular weight excluding hydrogens is 242 g/mol. The first kappa shape index (κ1) is 14.7. The second kappa shape index (κ2) is 7.17. The predicted octanol–water partition coefficient (Wildman–Crippen LogP) is 1.33. The fraction of sp³-hybridized carbons (Fsp3) is 0.357. The normalized spacial score (nSPS) is 9.53. The molecule has 1 aromatic carbocycles. The Balaban J connectivity index is 3.11. The molecule has 0 unspecified atom stereocenters. The zero-order chi connectivity index (χ0) is 14.3. The molecule has 0 heterocycles. The van der Waals surface area contributed by atoms with Gasteiger partial charge in [-0.25, -0.2) is 0 Å². The summed E-state index contributed by atoms with van der Waals surface area (Å²) >= 11 is 0. The van der Waals surface area contributed by atoms with Gasteiger partial charge in [0.25, 0.3) is 0 Å². The summed E-state index contributed by atoms with van der Waals surface area (Å²) in [4.78, 5) is 24.1. The summed E-state index contributed by atoms with van der Waals surface area (Å²) in [6.07, 6.45) is 1.56. The molecule has 0 aliphatic carbocycles. The van der Waals surface area contributed by atoms with Crippen molar-refractivity contribution in [2.45, 2.75) is 13.3 Å². The third kappa shape index (κ3) is 3.81. The molecule has 1 aromatic rings. The molecule has 0 bridgehead atoms. The summed E-state index contributed by atoms with van der Waals surface area (Å²) in [7, 11) is 1.58. The van der Waals surface area contributed by atoms with Gasteiger partial charge in [-0.15, -0.1) is 0 Å². The maximum absolute atomic E-state index is 11.5. The van der Waals surface area contributed by atoms with E-state index in [2.05, 4.69) is 11.4 Å². The lowest BCUT2D eigenvalue weighted by molar-refractivity contribution is -0.119. The molecule has 0 aliphatic rings. The topological polar surface area (TPSA) is 73.2 Å². The largest absolute Gasteiger partial charge is 0.361 e. The average Bonchev–Trinajstić information content (AvgIpc) is 2.45. The van der Waals surface area contributed by atoms with Crippen molar-refractivity contribution in [1.82, 2.24) is 5.32 Å².